The van der Waals surface area contributed by atoms with Crippen LogP contribution in [0.4, 0.5) is 0 Å². The van der Waals surface area contributed by atoms with Crippen LogP contribution in [0.15, 0.2) is 42.7 Å². The quantitative estimate of drug-likeness (QED) is 0.808. The number of carbonyl (C=O) groups is 1. The smallest absolute Gasteiger partial charge is 0.246 e. The van der Waals surface area contributed by atoms with E-state index in [-0.39, 0.29) is 30.6 Å². The molecule has 0 spiro atoms. The van der Waals surface area contributed by atoms with E-state index in [0.29, 0.717) is 19.4 Å². The van der Waals surface area contributed by atoms with Gasteiger partial charge in [-0.1, -0.05) is 30.3 Å². The molecule has 0 aliphatic heterocycles. The van der Waals surface area contributed by atoms with Crippen LogP contribution < -0.4 is 5.32 Å². The van der Waals surface area contributed by atoms with Gasteiger partial charge in [-0.15, -0.1) is 0 Å². The number of aliphatic hydroxyl groups is 1. The number of aliphatic hydroxyl groups excluding tert-OH is 1. The Morgan fingerprint density at radius 3 is 2.79 bits per heavy atom. The largest absolute Gasteiger partial charge is 0.393 e. The van der Waals surface area contributed by atoms with Gasteiger partial charge in [0.15, 0.2) is 0 Å². The second-order valence-electron chi connectivity index (χ2n) is 6.36. The molecule has 2 aromatic rings. The van der Waals surface area contributed by atoms with E-state index in [4.69, 9.17) is 4.74 Å². The Bertz CT molecular complexity index is 665. The summed E-state index contributed by atoms with van der Waals surface area (Å²) >= 11 is 0. The highest BCUT2D eigenvalue weighted by Gasteiger charge is 2.36. The molecule has 1 aromatic heterocycles. The average molecular weight is 329 g/mol. The molecule has 1 heterocycles. The zero-order chi connectivity index (χ0) is 16.9. The number of hydrogen-bond donors (Lipinski definition) is 2. The summed E-state index contributed by atoms with van der Waals surface area (Å²) in [6.07, 6.45) is 4.80. The van der Waals surface area contributed by atoms with Gasteiger partial charge in [0.2, 0.25) is 5.91 Å². The SMILES string of the molecule is Cn1cc([C@H](NC(=O)COCc2ccccc2)C2CC(O)C2)cn1. The summed E-state index contributed by atoms with van der Waals surface area (Å²) in [5.41, 5.74) is 2.00. The summed E-state index contributed by atoms with van der Waals surface area (Å²) in [5, 5.41) is 16.8. The number of aryl methyl sites for hydroxylation is 1. The Morgan fingerprint density at radius 2 is 2.17 bits per heavy atom. The molecule has 1 fully saturated rings. The number of carbonyl (C=O) groups excluding carboxylic acids is 1. The van der Waals surface area contributed by atoms with Crippen molar-refractivity contribution in [3.63, 3.8) is 0 Å². The van der Waals surface area contributed by atoms with Crippen molar-refractivity contribution in [2.24, 2.45) is 13.0 Å². The Morgan fingerprint density at radius 1 is 1.42 bits per heavy atom. The Kier molecular flexibility index (Phi) is 5.27. The maximum absolute atomic E-state index is 12.2. The van der Waals surface area contributed by atoms with Gasteiger partial charge < -0.3 is 15.2 Å². The molecule has 0 saturated heterocycles. The molecule has 6 heteroatoms. The minimum absolute atomic E-state index is 0.0148. The third-order valence-electron chi connectivity index (χ3n) is 4.37. The van der Waals surface area contributed by atoms with Crippen molar-refractivity contribution in [1.82, 2.24) is 15.1 Å². The minimum atomic E-state index is -0.264. The molecule has 128 valence electrons. The van der Waals surface area contributed by atoms with Crippen LogP contribution in [0.5, 0.6) is 0 Å². The average Bonchev–Trinajstić information content (AvgIpc) is 2.97. The van der Waals surface area contributed by atoms with E-state index in [1.54, 1.807) is 10.9 Å². The number of nitrogens with zero attached hydrogens (tertiary/aromatic N) is 2. The third kappa shape index (κ3) is 4.21. The van der Waals surface area contributed by atoms with Gasteiger partial charge in [-0.25, -0.2) is 0 Å². The predicted octanol–water partition coefficient (Wildman–Crippen LogP) is 1.57. The van der Waals surface area contributed by atoms with Crippen molar-refractivity contribution in [3.05, 3.63) is 53.9 Å². The fourth-order valence-corrected chi connectivity index (χ4v) is 3.03. The van der Waals surface area contributed by atoms with Crippen molar-refractivity contribution >= 4 is 5.91 Å². The van der Waals surface area contributed by atoms with Gasteiger partial charge in [-0.05, 0) is 24.3 Å². The van der Waals surface area contributed by atoms with Crippen molar-refractivity contribution in [2.75, 3.05) is 6.61 Å². The number of aromatic nitrogens is 2. The molecule has 24 heavy (non-hydrogen) atoms. The normalized spacial score (nSPS) is 21.1. The molecule has 1 aromatic carbocycles. The van der Waals surface area contributed by atoms with Gasteiger partial charge in [0.1, 0.15) is 6.61 Å². The lowest BCUT2D eigenvalue weighted by atomic mass is 9.75. The van der Waals surface area contributed by atoms with Crippen LogP contribution in [0.25, 0.3) is 0 Å². The Balaban J connectivity index is 1.53. The summed E-state index contributed by atoms with van der Waals surface area (Å²) in [5.74, 6) is 0.0865. The highest BCUT2D eigenvalue weighted by atomic mass is 16.5. The van der Waals surface area contributed by atoms with E-state index < -0.39 is 0 Å². The maximum Gasteiger partial charge on any atom is 0.246 e. The molecule has 0 unspecified atom stereocenters. The first kappa shape index (κ1) is 16.7. The van der Waals surface area contributed by atoms with Crippen molar-refractivity contribution < 1.29 is 14.6 Å². The van der Waals surface area contributed by atoms with Crippen LogP contribution >= 0.6 is 0 Å². The van der Waals surface area contributed by atoms with E-state index in [2.05, 4.69) is 10.4 Å². The summed E-state index contributed by atoms with van der Waals surface area (Å²) in [6.45, 7) is 0.425. The highest BCUT2D eigenvalue weighted by Crippen LogP contribution is 2.37. The maximum atomic E-state index is 12.2. The first-order chi connectivity index (χ1) is 11.6. The molecule has 1 atom stereocenters. The van der Waals surface area contributed by atoms with Gasteiger partial charge in [0.25, 0.3) is 0 Å². The van der Waals surface area contributed by atoms with Gasteiger partial charge in [0.05, 0.1) is 24.9 Å². The number of amides is 1. The van der Waals surface area contributed by atoms with E-state index in [9.17, 15) is 9.90 Å². The fourth-order valence-electron chi connectivity index (χ4n) is 3.03. The first-order valence-electron chi connectivity index (χ1n) is 8.19. The molecule has 1 aliphatic rings. The molecule has 6 nitrogen and oxygen atoms in total. The summed E-state index contributed by atoms with van der Waals surface area (Å²) in [6, 6.07) is 9.63. The number of hydrogen-bond acceptors (Lipinski definition) is 4. The monoisotopic (exact) mass is 329 g/mol. The molecule has 1 aliphatic carbocycles. The Hall–Kier alpha value is -2.18. The van der Waals surface area contributed by atoms with Crippen molar-refractivity contribution in [3.8, 4) is 0 Å². The number of rotatable bonds is 7. The molecular formula is C18H23N3O3. The summed E-state index contributed by atoms with van der Waals surface area (Å²) in [7, 11) is 1.85. The molecule has 0 radical (unpaired) electrons. The molecule has 0 bridgehead atoms. The van der Waals surface area contributed by atoms with Crippen LogP contribution in [0.2, 0.25) is 0 Å². The molecule has 2 N–H and O–H groups in total. The number of benzene rings is 1. The number of ether oxygens (including phenoxy) is 1. The van der Waals surface area contributed by atoms with Crippen LogP contribution in [0, 0.1) is 5.92 Å². The fraction of sp³-hybridized carbons (Fsp3) is 0.444. The van der Waals surface area contributed by atoms with E-state index in [0.717, 1.165) is 11.1 Å². The van der Waals surface area contributed by atoms with Crippen LogP contribution in [0.1, 0.15) is 30.0 Å². The van der Waals surface area contributed by atoms with Crippen molar-refractivity contribution in [1.29, 1.82) is 0 Å². The van der Waals surface area contributed by atoms with Gasteiger partial charge in [-0.3, -0.25) is 9.48 Å². The second kappa shape index (κ2) is 7.59. The van der Waals surface area contributed by atoms with E-state index in [1.807, 2.05) is 43.6 Å². The standard InChI is InChI=1S/C18H23N3O3/c1-21-10-15(9-19-21)18(14-7-16(22)8-14)20-17(23)12-24-11-13-5-3-2-4-6-13/h2-6,9-10,14,16,18,22H,7-8,11-12H2,1H3,(H,20,23)/t14?,16?,18-/m1/s1. The number of nitrogens with one attached hydrogen (secondary N) is 1. The van der Waals surface area contributed by atoms with E-state index in [1.165, 1.54) is 0 Å². The Labute approximate surface area is 141 Å². The highest BCUT2D eigenvalue weighted by molar-refractivity contribution is 5.77. The zero-order valence-electron chi connectivity index (χ0n) is 13.8. The zero-order valence-corrected chi connectivity index (χ0v) is 13.8. The van der Waals surface area contributed by atoms with Crippen LogP contribution in [-0.2, 0) is 23.2 Å². The summed E-state index contributed by atoms with van der Waals surface area (Å²) in [4.78, 5) is 12.2. The van der Waals surface area contributed by atoms with E-state index >= 15 is 0 Å². The second-order valence-corrected chi connectivity index (χ2v) is 6.36. The lowest BCUT2D eigenvalue weighted by Crippen LogP contribution is -2.42. The van der Waals surface area contributed by atoms with Gasteiger partial charge >= 0.3 is 0 Å². The molecular weight excluding hydrogens is 306 g/mol. The van der Waals surface area contributed by atoms with Crippen LogP contribution in [-0.4, -0.2) is 33.5 Å². The lowest BCUT2D eigenvalue weighted by molar-refractivity contribution is -0.128. The minimum Gasteiger partial charge on any atom is -0.393 e. The third-order valence-corrected chi connectivity index (χ3v) is 4.37. The summed E-state index contributed by atoms with van der Waals surface area (Å²) < 4.78 is 7.21. The molecule has 3 rings (SSSR count). The van der Waals surface area contributed by atoms with Gasteiger partial charge in [0, 0.05) is 18.8 Å². The van der Waals surface area contributed by atoms with Crippen molar-refractivity contribution in [2.45, 2.75) is 31.6 Å². The van der Waals surface area contributed by atoms with Crippen LogP contribution in [0.3, 0.4) is 0 Å². The molecule has 1 saturated carbocycles. The topological polar surface area (TPSA) is 76.4 Å². The lowest BCUT2D eigenvalue weighted by Gasteiger charge is -2.37. The molecule has 1 amide bonds. The van der Waals surface area contributed by atoms with Gasteiger partial charge in [-0.2, -0.15) is 5.10 Å². The first-order valence-corrected chi connectivity index (χ1v) is 8.19. The predicted molar refractivity (Wildman–Crippen MR) is 88.9 cm³/mol.